The van der Waals surface area contributed by atoms with Gasteiger partial charge in [0.2, 0.25) is 0 Å². The number of rotatable bonds is 15. The standard InChI is InChI=1S/C19H41N/c1-4-5-6-7-8-9-10-11-12-13-14-15-16-17-19(2,3)18-20/h4-18,20H2,1-3H3. The second-order valence-corrected chi connectivity index (χ2v) is 7.36. The molecule has 0 bridgehead atoms. The molecular formula is C19H41N. The first-order valence-electron chi connectivity index (χ1n) is 9.32. The molecule has 0 aliphatic rings. The van der Waals surface area contributed by atoms with Gasteiger partial charge in [-0.15, -0.1) is 0 Å². The van der Waals surface area contributed by atoms with Crippen LogP contribution in [0.2, 0.25) is 0 Å². The van der Waals surface area contributed by atoms with Crippen LogP contribution in [-0.2, 0) is 0 Å². The number of hydrogen-bond donors (Lipinski definition) is 1. The molecule has 1 nitrogen and oxygen atoms in total. The molecule has 0 aromatic carbocycles. The molecule has 0 fully saturated rings. The minimum absolute atomic E-state index is 0.359. The predicted molar refractivity (Wildman–Crippen MR) is 93.1 cm³/mol. The van der Waals surface area contributed by atoms with Crippen LogP contribution in [0.1, 0.15) is 111 Å². The van der Waals surface area contributed by atoms with Gasteiger partial charge in [-0.3, -0.25) is 0 Å². The molecule has 2 N–H and O–H groups in total. The zero-order chi connectivity index (χ0) is 15.1. The second-order valence-electron chi connectivity index (χ2n) is 7.36. The third kappa shape index (κ3) is 14.4. The van der Waals surface area contributed by atoms with Crippen LogP contribution >= 0.6 is 0 Å². The van der Waals surface area contributed by atoms with Crippen LogP contribution in [0.4, 0.5) is 0 Å². The molecule has 0 radical (unpaired) electrons. The van der Waals surface area contributed by atoms with Crippen LogP contribution < -0.4 is 5.73 Å². The van der Waals surface area contributed by atoms with Gasteiger partial charge in [0.05, 0.1) is 0 Å². The molecule has 0 aliphatic carbocycles. The maximum absolute atomic E-state index is 5.75. The highest BCUT2D eigenvalue weighted by Gasteiger charge is 2.13. The summed E-state index contributed by atoms with van der Waals surface area (Å²) >= 11 is 0. The topological polar surface area (TPSA) is 26.0 Å². The lowest BCUT2D eigenvalue weighted by Crippen LogP contribution is -2.23. The van der Waals surface area contributed by atoms with Gasteiger partial charge in [0.1, 0.15) is 0 Å². The minimum Gasteiger partial charge on any atom is -0.330 e. The van der Waals surface area contributed by atoms with Crippen LogP contribution in [-0.4, -0.2) is 6.54 Å². The van der Waals surface area contributed by atoms with E-state index in [0.29, 0.717) is 5.41 Å². The SMILES string of the molecule is CCCCCCCCCCCCCCCC(C)(C)CN. The molecular weight excluding hydrogens is 242 g/mol. The third-order valence-corrected chi connectivity index (χ3v) is 4.51. The Hall–Kier alpha value is -0.0400. The fourth-order valence-electron chi connectivity index (χ4n) is 2.72. The van der Waals surface area contributed by atoms with E-state index in [-0.39, 0.29) is 0 Å². The van der Waals surface area contributed by atoms with Crippen molar-refractivity contribution >= 4 is 0 Å². The third-order valence-electron chi connectivity index (χ3n) is 4.51. The van der Waals surface area contributed by atoms with Crippen molar-refractivity contribution in [3.05, 3.63) is 0 Å². The highest BCUT2D eigenvalue weighted by Crippen LogP contribution is 2.22. The monoisotopic (exact) mass is 283 g/mol. The predicted octanol–water partition coefficient (Wildman–Crippen LogP) is 6.45. The summed E-state index contributed by atoms with van der Waals surface area (Å²) in [5.41, 5.74) is 6.11. The maximum atomic E-state index is 5.75. The van der Waals surface area contributed by atoms with Crippen LogP contribution in [0.25, 0.3) is 0 Å². The summed E-state index contributed by atoms with van der Waals surface area (Å²) in [5.74, 6) is 0. The average Bonchev–Trinajstić information content (AvgIpc) is 2.44. The van der Waals surface area contributed by atoms with Crippen LogP contribution in [0, 0.1) is 5.41 Å². The smallest absolute Gasteiger partial charge is 0.00258 e. The number of unbranched alkanes of at least 4 members (excludes halogenated alkanes) is 12. The molecule has 0 rings (SSSR count). The molecule has 20 heavy (non-hydrogen) atoms. The van der Waals surface area contributed by atoms with Crippen molar-refractivity contribution in [2.24, 2.45) is 11.1 Å². The molecule has 0 atom stereocenters. The zero-order valence-electron chi connectivity index (χ0n) is 14.7. The minimum atomic E-state index is 0.359. The summed E-state index contributed by atoms with van der Waals surface area (Å²) in [6, 6.07) is 0. The summed E-state index contributed by atoms with van der Waals surface area (Å²) in [7, 11) is 0. The molecule has 0 aliphatic heterocycles. The largest absolute Gasteiger partial charge is 0.330 e. The van der Waals surface area contributed by atoms with E-state index in [1.54, 1.807) is 0 Å². The molecule has 0 heterocycles. The van der Waals surface area contributed by atoms with Gasteiger partial charge in [-0.25, -0.2) is 0 Å². The van der Waals surface area contributed by atoms with E-state index in [4.69, 9.17) is 5.73 Å². The van der Waals surface area contributed by atoms with Gasteiger partial charge in [0.15, 0.2) is 0 Å². The van der Waals surface area contributed by atoms with Crippen molar-refractivity contribution in [1.29, 1.82) is 0 Å². The van der Waals surface area contributed by atoms with Crippen molar-refractivity contribution in [3.8, 4) is 0 Å². The molecule has 0 spiro atoms. The van der Waals surface area contributed by atoms with Gasteiger partial charge >= 0.3 is 0 Å². The Kier molecular flexibility index (Phi) is 13.9. The van der Waals surface area contributed by atoms with Gasteiger partial charge in [-0.2, -0.15) is 0 Å². The fourth-order valence-corrected chi connectivity index (χ4v) is 2.72. The molecule has 0 unspecified atom stereocenters. The first kappa shape index (κ1) is 20.0. The summed E-state index contributed by atoms with van der Waals surface area (Å²) in [4.78, 5) is 0. The van der Waals surface area contributed by atoms with E-state index >= 15 is 0 Å². The van der Waals surface area contributed by atoms with E-state index in [1.807, 2.05) is 0 Å². The summed E-state index contributed by atoms with van der Waals surface area (Å²) < 4.78 is 0. The Bertz CT molecular complexity index is 186. The Labute approximate surface area is 129 Å². The molecule has 0 saturated heterocycles. The van der Waals surface area contributed by atoms with E-state index in [9.17, 15) is 0 Å². The zero-order valence-corrected chi connectivity index (χ0v) is 14.7. The Balaban J connectivity index is 3.06. The number of hydrogen-bond acceptors (Lipinski definition) is 1. The van der Waals surface area contributed by atoms with Gasteiger partial charge in [0, 0.05) is 0 Å². The first-order chi connectivity index (χ1) is 9.62. The molecule has 0 aromatic rings. The van der Waals surface area contributed by atoms with Crippen LogP contribution in [0.3, 0.4) is 0 Å². The number of nitrogens with two attached hydrogens (primary N) is 1. The Morgan fingerprint density at radius 2 is 0.950 bits per heavy atom. The van der Waals surface area contributed by atoms with Crippen LogP contribution in [0.15, 0.2) is 0 Å². The van der Waals surface area contributed by atoms with Crippen molar-refractivity contribution in [1.82, 2.24) is 0 Å². The highest BCUT2D eigenvalue weighted by atomic mass is 14.6. The molecule has 0 saturated carbocycles. The molecule has 0 amide bonds. The lowest BCUT2D eigenvalue weighted by molar-refractivity contribution is 0.330. The van der Waals surface area contributed by atoms with E-state index in [2.05, 4.69) is 20.8 Å². The summed E-state index contributed by atoms with van der Waals surface area (Å²) in [6.07, 6.45) is 20.0. The maximum Gasteiger partial charge on any atom is -0.00258 e. The van der Waals surface area contributed by atoms with Crippen molar-refractivity contribution in [2.45, 2.75) is 111 Å². The van der Waals surface area contributed by atoms with Crippen molar-refractivity contribution in [2.75, 3.05) is 6.54 Å². The lowest BCUT2D eigenvalue weighted by atomic mass is 9.87. The van der Waals surface area contributed by atoms with E-state index in [0.717, 1.165) is 6.54 Å². The molecule has 122 valence electrons. The molecule has 1 heteroatoms. The van der Waals surface area contributed by atoms with Gasteiger partial charge in [-0.05, 0) is 18.4 Å². The lowest BCUT2D eigenvalue weighted by Gasteiger charge is -2.21. The van der Waals surface area contributed by atoms with Gasteiger partial charge < -0.3 is 5.73 Å². The van der Waals surface area contributed by atoms with E-state index < -0.39 is 0 Å². The Morgan fingerprint density at radius 3 is 1.30 bits per heavy atom. The highest BCUT2D eigenvalue weighted by molar-refractivity contribution is 4.68. The van der Waals surface area contributed by atoms with Crippen LogP contribution in [0.5, 0.6) is 0 Å². The molecule has 0 aromatic heterocycles. The van der Waals surface area contributed by atoms with E-state index in [1.165, 1.54) is 89.9 Å². The summed E-state index contributed by atoms with van der Waals surface area (Å²) in [5, 5.41) is 0. The average molecular weight is 284 g/mol. The quantitative estimate of drug-likeness (QED) is 0.343. The van der Waals surface area contributed by atoms with Crippen molar-refractivity contribution in [3.63, 3.8) is 0 Å². The summed E-state index contributed by atoms with van der Waals surface area (Å²) in [6.45, 7) is 7.68. The van der Waals surface area contributed by atoms with Crippen molar-refractivity contribution < 1.29 is 0 Å². The normalized spacial score (nSPS) is 12.0. The van der Waals surface area contributed by atoms with Gasteiger partial charge in [0.25, 0.3) is 0 Å². The Morgan fingerprint density at radius 1 is 0.600 bits per heavy atom. The fraction of sp³-hybridized carbons (Fsp3) is 1.00. The van der Waals surface area contributed by atoms with Gasteiger partial charge in [-0.1, -0.05) is 104 Å². The second kappa shape index (κ2) is 13.9. The first-order valence-corrected chi connectivity index (χ1v) is 9.32.